The Morgan fingerprint density at radius 3 is 2.95 bits per heavy atom. The lowest BCUT2D eigenvalue weighted by Crippen LogP contribution is -2.01. The van der Waals surface area contributed by atoms with Crippen LogP contribution in [0, 0.1) is 0 Å². The third kappa shape index (κ3) is 2.45. The van der Waals surface area contributed by atoms with Crippen molar-refractivity contribution >= 4 is 28.2 Å². The van der Waals surface area contributed by atoms with E-state index in [1.807, 2.05) is 30.5 Å². The Hall–Kier alpha value is -2.13. The van der Waals surface area contributed by atoms with E-state index in [4.69, 9.17) is 16.3 Å². The lowest BCUT2D eigenvalue weighted by molar-refractivity contribution is 0.416. The molecule has 0 aliphatic carbocycles. The molecule has 0 aliphatic rings. The minimum Gasteiger partial charge on any atom is -0.495 e. The van der Waals surface area contributed by atoms with Crippen molar-refractivity contribution in [2.45, 2.75) is 6.54 Å². The maximum atomic E-state index is 6.03. The number of ether oxygens (including phenoxy) is 1. The lowest BCUT2D eigenvalue weighted by Gasteiger charge is -2.12. The molecule has 2 aromatic carbocycles. The second-order valence-corrected chi connectivity index (χ2v) is 4.99. The van der Waals surface area contributed by atoms with E-state index in [-0.39, 0.29) is 0 Å². The molecule has 0 unspecified atom stereocenters. The van der Waals surface area contributed by atoms with Crippen LogP contribution < -0.4 is 10.1 Å². The Morgan fingerprint density at radius 2 is 2.10 bits per heavy atom. The summed E-state index contributed by atoms with van der Waals surface area (Å²) in [6.45, 7) is 0.714. The Kier molecular flexibility index (Phi) is 3.52. The zero-order chi connectivity index (χ0) is 13.9. The topological polar surface area (TPSA) is 37.0 Å². The molecular weight excluding hydrogens is 272 g/mol. The van der Waals surface area contributed by atoms with Crippen LogP contribution in [0.3, 0.4) is 0 Å². The minimum absolute atomic E-state index is 0.688. The van der Waals surface area contributed by atoms with Crippen molar-refractivity contribution in [2.75, 3.05) is 12.4 Å². The van der Waals surface area contributed by atoms with Gasteiger partial charge in [-0.1, -0.05) is 23.7 Å². The summed E-state index contributed by atoms with van der Waals surface area (Å²) < 4.78 is 5.33. The van der Waals surface area contributed by atoms with Crippen LogP contribution in [0.15, 0.2) is 48.7 Å². The second kappa shape index (κ2) is 5.47. The van der Waals surface area contributed by atoms with E-state index in [1.165, 1.54) is 10.9 Å². The SMILES string of the molecule is COc1ccc(Cl)cc1NCc1cccc2[nH]ccc12. The molecule has 20 heavy (non-hydrogen) atoms. The Bertz CT molecular complexity index is 736. The molecular formula is C16H15ClN2O. The van der Waals surface area contributed by atoms with Crippen molar-refractivity contribution in [3.63, 3.8) is 0 Å². The molecule has 0 saturated carbocycles. The van der Waals surface area contributed by atoms with Crippen molar-refractivity contribution in [3.8, 4) is 5.75 Å². The normalized spacial score (nSPS) is 10.7. The van der Waals surface area contributed by atoms with Crippen LogP contribution >= 0.6 is 11.6 Å². The first-order valence-electron chi connectivity index (χ1n) is 6.40. The number of H-pyrrole nitrogens is 1. The average molecular weight is 287 g/mol. The summed E-state index contributed by atoms with van der Waals surface area (Å²) in [6, 6.07) is 13.9. The summed E-state index contributed by atoms with van der Waals surface area (Å²) in [5, 5.41) is 5.29. The molecule has 1 heterocycles. The van der Waals surface area contributed by atoms with E-state index in [2.05, 4.69) is 28.5 Å². The molecule has 3 aromatic rings. The van der Waals surface area contributed by atoms with Gasteiger partial charge >= 0.3 is 0 Å². The molecule has 102 valence electrons. The third-order valence-corrected chi connectivity index (χ3v) is 3.55. The predicted octanol–water partition coefficient (Wildman–Crippen LogP) is 4.44. The second-order valence-electron chi connectivity index (χ2n) is 4.55. The van der Waals surface area contributed by atoms with Gasteiger partial charge in [-0.25, -0.2) is 0 Å². The van der Waals surface area contributed by atoms with Crippen molar-refractivity contribution in [1.29, 1.82) is 0 Å². The van der Waals surface area contributed by atoms with Crippen LogP contribution in [-0.4, -0.2) is 12.1 Å². The fraction of sp³-hybridized carbons (Fsp3) is 0.125. The number of benzene rings is 2. The number of halogens is 1. The Balaban J connectivity index is 1.86. The summed E-state index contributed by atoms with van der Waals surface area (Å²) in [6.07, 6.45) is 1.95. The summed E-state index contributed by atoms with van der Waals surface area (Å²) in [7, 11) is 1.65. The highest BCUT2D eigenvalue weighted by Crippen LogP contribution is 2.28. The predicted molar refractivity (Wildman–Crippen MR) is 83.6 cm³/mol. The van der Waals surface area contributed by atoms with Crippen LogP contribution in [0.1, 0.15) is 5.56 Å². The summed E-state index contributed by atoms with van der Waals surface area (Å²) in [5.74, 6) is 0.788. The monoisotopic (exact) mass is 286 g/mol. The fourth-order valence-electron chi connectivity index (χ4n) is 2.31. The van der Waals surface area contributed by atoms with Gasteiger partial charge in [0, 0.05) is 28.7 Å². The van der Waals surface area contributed by atoms with E-state index >= 15 is 0 Å². The van der Waals surface area contributed by atoms with E-state index < -0.39 is 0 Å². The number of fused-ring (bicyclic) bond motifs is 1. The number of rotatable bonds is 4. The third-order valence-electron chi connectivity index (χ3n) is 3.32. The average Bonchev–Trinajstić information content (AvgIpc) is 2.94. The van der Waals surface area contributed by atoms with Crippen LogP contribution in [0.4, 0.5) is 5.69 Å². The summed E-state index contributed by atoms with van der Waals surface area (Å²) in [4.78, 5) is 3.22. The van der Waals surface area contributed by atoms with Gasteiger partial charge in [-0.05, 0) is 35.9 Å². The number of hydrogen-bond donors (Lipinski definition) is 2. The number of nitrogens with one attached hydrogen (secondary N) is 2. The van der Waals surface area contributed by atoms with Gasteiger partial charge in [-0.2, -0.15) is 0 Å². The number of methoxy groups -OCH3 is 1. The molecule has 2 N–H and O–H groups in total. The van der Waals surface area contributed by atoms with Crippen molar-refractivity contribution in [1.82, 2.24) is 4.98 Å². The summed E-state index contributed by atoms with van der Waals surface area (Å²) in [5.41, 5.74) is 3.26. The zero-order valence-electron chi connectivity index (χ0n) is 11.1. The van der Waals surface area contributed by atoms with Crippen LogP contribution in [0.2, 0.25) is 5.02 Å². The maximum Gasteiger partial charge on any atom is 0.142 e. The van der Waals surface area contributed by atoms with Gasteiger partial charge in [0.15, 0.2) is 0 Å². The fourth-order valence-corrected chi connectivity index (χ4v) is 2.49. The molecule has 0 amide bonds. The number of aromatic amines is 1. The molecule has 0 saturated heterocycles. The highest BCUT2D eigenvalue weighted by Gasteiger charge is 2.05. The molecule has 0 aliphatic heterocycles. The number of hydrogen-bond acceptors (Lipinski definition) is 2. The lowest BCUT2D eigenvalue weighted by atomic mass is 10.1. The van der Waals surface area contributed by atoms with Gasteiger partial charge in [0.1, 0.15) is 5.75 Å². The molecule has 3 nitrogen and oxygen atoms in total. The van der Waals surface area contributed by atoms with Gasteiger partial charge in [0.25, 0.3) is 0 Å². The first-order valence-corrected chi connectivity index (χ1v) is 6.78. The molecule has 0 spiro atoms. The standard InChI is InChI=1S/C16H15ClN2O/c1-20-16-6-5-12(17)9-15(16)19-10-11-3-2-4-14-13(11)7-8-18-14/h2-9,18-19H,10H2,1H3. The molecule has 0 atom stereocenters. The summed E-state index contributed by atoms with van der Waals surface area (Å²) >= 11 is 6.03. The highest BCUT2D eigenvalue weighted by molar-refractivity contribution is 6.30. The van der Waals surface area contributed by atoms with Crippen LogP contribution in [0.25, 0.3) is 10.9 Å². The quantitative estimate of drug-likeness (QED) is 0.744. The Labute approximate surface area is 122 Å². The minimum atomic E-state index is 0.688. The molecule has 0 radical (unpaired) electrons. The van der Waals surface area contributed by atoms with Crippen molar-refractivity contribution in [3.05, 3.63) is 59.2 Å². The van der Waals surface area contributed by atoms with Crippen LogP contribution in [-0.2, 0) is 6.54 Å². The van der Waals surface area contributed by atoms with E-state index in [1.54, 1.807) is 7.11 Å². The van der Waals surface area contributed by atoms with Gasteiger partial charge in [0.2, 0.25) is 0 Å². The van der Waals surface area contributed by atoms with Gasteiger partial charge < -0.3 is 15.0 Å². The first kappa shape index (κ1) is 12.9. The zero-order valence-corrected chi connectivity index (χ0v) is 11.9. The van der Waals surface area contributed by atoms with Crippen LogP contribution in [0.5, 0.6) is 5.75 Å². The molecule has 4 heteroatoms. The number of anilines is 1. The highest BCUT2D eigenvalue weighted by atomic mass is 35.5. The molecule has 0 bridgehead atoms. The van der Waals surface area contributed by atoms with Crippen molar-refractivity contribution < 1.29 is 4.74 Å². The van der Waals surface area contributed by atoms with Crippen molar-refractivity contribution in [2.24, 2.45) is 0 Å². The van der Waals surface area contributed by atoms with Gasteiger partial charge in [0.05, 0.1) is 12.8 Å². The molecule has 0 fully saturated rings. The van der Waals surface area contributed by atoms with E-state index in [0.29, 0.717) is 11.6 Å². The first-order chi connectivity index (χ1) is 9.78. The Morgan fingerprint density at radius 1 is 1.20 bits per heavy atom. The molecule has 1 aromatic heterocycles. The molecule has 3 rings (SSSR count). The smallest absolute Gasteiger partial charge is 0.142 e. The number of aromatic nitrogens is 1. The van der Waals surface area contributed by atoms with Gasteiger partial charge in [-0.3, -0.25) is 0 Å². The largest absolute Gasteiger partial charge is 0.495 e. The van der Waals surface area contributed by atoms with Gasteiger partial charge in [-0.15, -0.1) is 0 Å². The maximum absolute atomic E-state index is 6.03. The van der Waals surface area contributed by atoms with E-state index in [9.17, 15) is 0 Å². The van der Waals surface area contributed by atoms with E-state index in [0.717, 1.165) is 17.0 Å².